The highest BCUT2D eigenvalue weighted by Crippen LogP contribution is 2.15. The van der Waals surface area contributed by atoms with Crippen molar-refractivity contribution in [2.75, 3.05) is 0 Å². The Balaban J connectivity index is 0.000000200. The Morgan fingerprint density at radius 1 is 1.10 bits per heavy atom. The molecule has 0 radical (unpaired) electrons. The van der Waals surface area contributed by atoms with E-state index in [0.29, 0.717) is 5.82 Å². The molecule has 112 valence electrons. The maximum Gasteiger partial charge on any atom is 0.438 e. The molecule has 0 atom stereocenters. The van der Waals surface area contributed by atoms with E-state index in [1.54, 1.807) is 0 Å². The Bertz CT molecular complexity index is 649. The normalized spacial score (nSPS) is 11.9. The van der Waals surface area contributed by atoms with Crippen molar-refractivity contribution < 1.29 is 4.52 Å². The zero-order valence-electron chi connectivity index (χ0n) is 12.5. The lowest BCUT2D eigenvalue weighted by molar-refractivity contribution is 0.337. The number of rotatable bonds is 0. The topological polar surface area (TPSA) is 122 Å². The lowest BCUT2D eigenvalue weighted by Gasteiger charge is -2.15. The predicted octanol–water partition coefficient (Wildman–Crippen LogP) is 0.382. The van der Waals surface area contributed by atoms with E-state index in [1.807, 2.05) is 41.5 Å². The highest BCUT2D eigenvalue weighted by Gasteiger charge is 2.18. The third-order valence-electron chi connectivity index (χ3n) is 2.26. The van der Waals surface area contributed by atoms with Gasteiger partial charge in [0.1, 0.15) is 0 Å². The Morgan fingerprint density at radius 2 is 1.70 bits per heavy atom. The SMILES string of the molecule is CC(C)(C)c1noc(=O)[nH]1.CC(C)(C)n1nn[nH]c1=O. The van der Waals surface area contributed by atoms with Crippen LogP contribution >= 0.6 is 0 Å². The Labute approximate surface area is 115 Å². The van der Waals surface area contributed by atoms with Crippen molar-refractivity contribution in [3.05, 3.63) is 26.9 Å². The third-order valence-corrected chi connectivity index (χ3v) is 2.26. The summed E-state index contributed by atoms with van der Waals surface area (Å²) >= 11 is 0. The second-order valence-electron chi connectivity index (χ2n) is 6.28. The van der Waals surface area contributed by atoms with Crippen LogP contribution in [0.4, 0.5) is 0 Å². The fraction of sp³-hybridized carbons (Fsp3) is 0.727. The van der Waals surface area contributed by atoms with Crippen LogP contribution in [-0.2, 0) is 11.0 Å². The summed E-state index contributed by atoms with van der Waals surface area (Å²) in [4.78, 5) is 23.8. The summed E-state index contributed by atoms with van der Waals surface area (Å²) in [5, 5.41) is 12.7. The fourth-order valence-electron chi connectivity index (χ4n) is 1.19. The number of aromatic nitrogens is 6. The van der Waals surface area contributed by atoms with E-state index in [4.69, 9.17) is 0 Å². The van der Waals surface area contributed by atoms with Crippen molar-refractivity contribution in [3.8, 4) is 0 Å². The van der Waals surface area contributed by atoms with Gasteiger partial charge in [-0.3, -0.25) is 9.51 Å². The van der Waals surface area contributed by atoms with Gasteiger partial charge in [0.25, 0.3) is 0 Å². The molecule has 0 aliphatic rings. The first kappa shape index (κ1) is 15.9. The highest BCUT2D eigenvalue weighted by molar-refractivity contribution is 4.96. The average Bonchev–Trinajstić information content (AvgIpc) is 2.85. The second-order valence-corrected chi connectivity index (χ2v) is 6.28. The summed E-state index contributed by atoms with van der Waals surface area (Å²) in [6, 6.07) is 0. The van der Waals surface area contributed by atoms with E-state index in [1.165, 1.54) is 4.68 Å². The van der Waals surface area contributed by atoms with Gasteiger partial charge in [-0.25, -0.2) is 14.7 Å². The van der Waals surface area contributed by atoms with Crippen LogP contribution in [0.1, 0.15) is 47.4 Å². The maximum atomic E-state index is 10.8. The summed E-state index contributed by atoms with van der Waals surface area (Å²) in [5.74, 6) is 0.0856. The largest absolute Gasteiger partial charge is 0.438 e. The zero-order valence-corrected chi connectivity index (χ0v) is 12.5. The minimum absolute atomic E-state index is 0.147. The summed E-state index contributed by atoms with van der Waals surface area (Å²) in [5.41, 5.74) is -0.705. The van der Waals surface area contributed by atoms with E-state index in [9.17, 15) is 9.59 Å². The number of hydrogen-bond donors (Lipinski definition) is 2. The van der Waals surface area contributed by atoms with Crippen LogP contribution in [0.2, 0.25) is 0 Å². The minimum Gasteiger partial charge on any atom is -0.296 e. The van der Waals surface area contributed by atoms with Gasteiger partial charge < -0.3 is 0 Å². The van der Waals surface area contributed by atoms with Crippen LogP contribution in [0, 0.1) is 0 Å². The molecule has 2 rings (SSSR count). The van der Waals surface area contributed by atoms with Crippen molar-refractivity contribution in [1.29, 1.82) is 0 Å². The van der Waals surface area contributed by atoms with Crippen LogP contribution in [-0.4, -0.2) is 30.3 Å². The molecule has 9 nitrogen and oxygen atoms in total. The molecule has 0 aromatic carbocycles. The summed E-state index contributed by atoms with van der Waals surface area (Å²) in [6.07, 6.45) is 0. The number of nitrogens with one attached hydrogen (secondary N) is 2. The van der Waals surface area contributed by atoms with E-state index >= 15 is 0 Å². The molecule has 0 aliphatic heterocycles. The van der Waals surface area contributed by atoms with Crippen molar-refractivity contribution >= 4 is 0 Å². The number of aromatic amines is 2. The number of hydrogen-bond acceptors (Lipinski definition) is 6. The van der Waals surface area contributed by atoms with Crippen LogP contribution < -0.4 is 11.4 Å². The molecule has 2 aromatic rings. The van der Waals surface area contributed by atoms with Gasteiger partial charge >= 0.3 is 11.4 Å². The van der Waals surface area contributed by atoms with Crippen LogP contribution in [0.3, 0.4) is 0 Å². The van der Waals surface area contributed by atoms with E-state index in [2.05, 4.69) is 30.2 Å². The van der Waals surface area contributed by atoms with Gasteiger partial charge in [-0.1, -0.05) is 25.9 Å². The Hall–Kier alpha value is -2.19. The van der Waals surface area contributed by atoms with Crippen molar-refractivity contribution in [2.45, 2.75) is 52.5 Å². The minimum atomic E-state index is -0.495. The summed E-state index contributed by atoms with van der Waals surface area (Å²) in [6.45, 7) is 11.5. The molecular formula is C11H20N6O3. The van der Waals surface area contributed by atoms with Gasteiger partial charge in [0, 0.05) is 5.41 Å². The zero-order chi connectivity index (χ0) is 15.6. The second kappa shape index (κ2) is 5.43. The quantitative estimate of drug-likeness (QED) is 0.721. The molecule has 0 aliphatic carbocycles. The number of nitrogens with zero attached hydrogens (tertiary/aromatic N) is 4. The molecule has 0 amide bonds. The first-order valence-electron chi connectivity index (χ1n) is 6.09. The van der Waals surface area contributed by atoms with Crippen LogP contribution in [0.25, 0.3) is 0 Å². The van der Waals surface area contributed by atoms with Crippen molar-refractivity contribution in [2.24, 2.45) is 0 Å². The van der Waals surface area contributed by atoms with Gasteiger partial charge in [-0.2, -0.15) is 4.68 Å². The first-order chi connectivity index (χ1) is 9.01. The molecule has 9 heteroatoms. The summed E-state index contributed by atoms with van der Waals surface area (Å²) in [7, 11) is 0. The van der Waals surface area contributed by atoms with Gasteiger partial charge in [-0.05, 0) is 31.2 Å². The summed E-state index contributed by atoms with van der Waals surface area (Å²) < 4.78 is 5.63. The van der Waals surface area contributed by atoms with E-state index in [0.717, 1.165) is 0 Å². The highest BCUT2D eigenvalue weighted by atomic mass is 16.5. The molecule has 2 heterocycles. The first-order valence-corrected chi connectivity index (χ1v) is 6.09. The lowest BCUT2D eigenvalue weighted by Crippen LogP contribution is -2.33. The molecule has 2 N–H and O–H groups in total. The molecule has 0 saturated heterocycles. The Kier molecular flexibility index (Phi) is 4.31. The van der Waals surface area contributed by atoms with E-state index < -0.39 is 5.76 Å². The lowest BCUT2D eigenvalue weighted by atomic mass is 9.96. The van der Waals surface area contributed by atoms with Crippen LogP contribution in [0.15, 0.2) is 14.1 Å². The van der Waals surface area contributed by atoms with Gasteiger partial charge in [0.2, 0.25) is 0 Å². The molecule has 0 saturated carbocycles. The standard InChI is InChI=1S/C6H10N2O2.C5H10N4O/c1-6(2,3)4-7-5(9)10-8-4;1-5(2,3)9-4(10)6-7-8-9/h1-3H3,(H,7,8,9);1-3H3,(H,6,8,10). The smallest absolute Gasteiger partial charge is 0.296 e. The van der Waals surface area contributed by atoms with Gasteiger partial charge in [0.05, 0.1) is 5.54 Å². The predicted molar refractivity (Wildman–Crippen MR) is 71.5 cm³/mol. The molecule has 0 spiro atoms. The van der Waals surface area contributed by atoms with Crippen molar-refractivity contribution in [1.82, 2.24) is 30.3 Å². The third kappa shape index (κ3) is 4.18. The Morgan fingerprint density at radius 3 is 1.90 bits per heavy atom. The van der Waals surface area contributed by atoms with Gasteiger partial charge in [0.15, 0.2) is 5.82 Å². The molecule has 20 heavy (non-hydrogen) atoms. The molecule has 2 aromatic heterocycles. The molecule has 0 fully saturated rings. The maximum absolute atomic E-state index is 10.8. The molecular weight excluding hydrogens is 264 g/mol. The van der Waals surface area contributed by atoms with Gasteiger partial charge in [-0.15, -0.1) is 0 Å². The van der Waals surface area contributed by atoms with Crippen molar-refractivity contribution in [3.63, 3.8) is 0 Å². The fourth-order valence-corrected chi connectivity index (χ4v) is 1.19. The molecule has 0 bridgehead atoms. The monoisotopic (exact) mass is 284 g/mol. The number of tetrazole rings is 1. The number of H-pyrrole nitrogens is 2. The average molecular weight is 284 g/mol. The molecule has 0 unspecified atom stereocenters. The van der Waals surface area contributed by atoms with Crippen LogP contribution in [0.5, 0.6) is 0 Å². The van der Waals surface area contributed by atoms with E-state index in [-0.39, 0.29) is 16.6 Å².